The number of halogens is 2. The molecule has 0 unspecified atom stereocenters. The normalized spacial score (nSPS) is 12.8. The van der Waals surface area contributed by atoms with Gasteiger partial charge in [-0.15, -0.1) is 0 Å². The molecule has 2 aromatic carbocycles. The lowest BCUT2D eigenvalue weighted by atomic mass is 9.92. The van der Waals surface area contributed by atoms with E-state index in [2.05, 4.69) is 48.8 Å². The third-order valence-corrected chi connectivity index (χ3v) is 7.53. The van der Waals surface area contributed by atoms with Crippen LogP contribution in [0.25, 0.3) is 0 Å². The van der Waals surface area contributed by atoms with Gasteiger partial charge in [0.25, 0.3) is 0 Å². The number of methoxy groups -OCH3 is 1. The highest BCUT2D eigenvalue weighted by atomic mass is 127. The van der Waals surface area contributed by atoms with Gasteiger partial charge < -0.3 is 33.5 Å². The van der Waals surface area contributed by atoms with E-state index in [-0.39, 0.29) is 24.0 Å². The molecule has 0 N–H and O–H groups in total. The highest BCUT2D eigenvalue weighted by molar-refractivity contribution is 6.30. The SMILES string of the molecule is CCCCCCCCOc1c(OC)ccc2c1CC[N+](Cc1cccc(Cl)c1)=C2CCCCCCC.[I-]. The van der Waals surface area contributed by atoms with Crippen molar-refractivity contribution in [1.82, 2.24) is 0 Å². The molecule has 1 heterocycles. The topological polar surface area (TPSA) is 21.5 Å². The third-order valence-electron chi connectivity index (χ3n) is 7.29. The molecule has 37 heavy (non-hydrogen) atoms. The molecular formula is C32H47ClINO2. The fraction of sp³-hybridized carbons (Fsp3) is 0.594. The second-order valence-corrected chi connectivity index (χ2v) is 10.6. The van der Waals surface area contributed by atoms with Crippen LogP contribution in [0.2, 0.25) is 5.02 Å². The van der Waals surface area contributed by atoms with Crippen LogP contribution in [0.15, 0.2) is 36.4 Å². The van der Waals surface area contributed by atoms with Crippen molar-refractivity contribution in [2.24, 2.45) is 0 Å². The van der Waals surface area contributed by atoms with Crippen molar-refractivity contribution in [1.29, 1.82) is 0 Å². The van der Waals surface area contributed by atoms with Crippen LogP contribution in [0.4, 0.5) is 0 Å². The number of fused-ring (bicyclic) bond motifs is 1. The van der Waals surface area contributed by atoms with E-state index in [4.69, 9.17) is 21.1 Å². The van der Waals surface area contributed by atoms with Gasteiger partial charge in [0, 0.05) is 34.6 Å². The van der Waals surface area contributed by atoms with Crippen LogP contribution in [0.3, 0.4) is 0 Å². The van der Waals surface area contributed by atoms with Crippen LogP contribution >= 0.6 is 11.6 Å². The molecule has 0 aromatic heterocycles. The Hall–Kier alpha value is -1.27. The Kier molecular flexibility index (Phi) is 15.6. The molecule has 0 aliphatic carbocycles. The van der Waals surface area contributed by atoms with Gasteiger partial charge in [-0.2, -0.15) is 0 Å². The lowest BCUT2D eigenvalue weighted by molar-refractivity contribution is -0.545. The smallest absolute Gasteiger partial charge is 0.184 e. The Morgan fingerprint density at radius 1 is 0.865 bits per heavy atom. The molecule has 0 spiro atoms. The minimum atomic E-state index is 0. The summed E-state index contributed by atoms with van der Waals surface area (Å²) in [4.78, 5) is 0. The summed E-state index contributed by atoms with van der Waals surface area (Å²) in [5, 5.41) is 0.807. The van der Waals surface area contributed by atoms with E-state index in [0.29, 0.717) is 0 Å². The molecule has 0 fully saturated rings. The zero-order valence-corrected chi connectivity index (χ0v) is 26.2. The van der Waals surface area contributed by atoms with Gasteiger partial charge in [-0.25, -0.2) is 4.58 Å². The van der Waals surface area contributed by atoms with Crippen molar-refractivity contribution < 1.29 is 38.0 Å². The van der Waals surface area contributed by atoms with E-state index in [1.807, 2.05) is 6.07 Å². The number of nitrogens with zero attached hydrogens (tertiary/aromatic N) is 1. The maximum atomic E-state index is 6.43. The van der Waals surface area contributed by atoms with Crippen molar-refractivity contribution in [3.63, 3.8) is 0 Å². The van der Waals surface area contributed by atoms with E-state index in [1.54, 1.807) is 7.11 Å². The Balaban J connectivity index is 0.00000481. The van der Waals surface area contributed by atoms with E-state index in [9.17, 15) is 0 Å². The molecule has 1 aliphatic rings. The molecular weight excluding hydrogens is 593 g/mol. The average Bonchev–Trinajstić information content (AvgIpc) is 2.88. The van der Waals surface area contributed by atoms with Gasteiger partial charge in [-0.3, -0.25) is 0 Å². The first-order chi connectivity index (χ1) is 17.7. The molecule has 0 amide bonds. The minimum Gasteiger partial charge on any atom is -1.00 e. The second-order valence-electron chi connectivity index (χ2n) is 10.2. The van der Waals surface area contributed by atoms with Crippen LogP contribution in [0.5, 0.6) is 11.5 Å². The average molecular weight is 640 g/mol. The van der Waals surface area contributed by atoms with Gasteiger partial charge in [0.05, 0.1) is 13.7 Å². The van der Waals surface area contributed by atoms with E-state index < -0.39 is 0 Å². The van der Waals surface area contributed by atoms with Crippen LogP contribution in [-0.2, 0) is 13.0 Å². The summed E-state index contributed by atoms with van der Waals surface area (Å²) in [6.45, 7) is 7.19. The van der Waals surface area contributed by atoms with Crippen molar-refractivity contribution in [3.05, 3.63) is 58.1 Å². The van der Waals surface area contributed by atoms with Crippen LogP contribution in [0, 0.1) is 0 Å². The molecule has 1 aliphatic heterocycles. The number of ether oxygens (including phenoxy) is 2. The zero-order chi connectivity index (χ0) is 25.6. The van der Waals surface area contributed by atoms with Crippen LogP contribution in [-0.4, -0.2) is 30.5 Å². The first kappa shape index (κ1) is 31.9. The van der Waals surface area contributed by atoms with Gasteiger partial charge in [-0.1, -0.05) is 95.4 Å². The van der Waals surface area contributed by atoms with Crippen LogP contribution < -0.4 is 33.5 Å². The van der Waals surface area contributed by atoms with E-state index in [0.717, 1.165) is 55.5 Å². The van der Waals surface area contributed by atoms with Gasteiger partial charge in [-0.05, 0) is 37.1 Å². The largest absolute Gasteiger partial charge is 1.00 e. The van der Waals surface area contributed by atoms with Gasteiger partial charge in [0.2, 0.25) is 0 Å². The van der Waals surface area contributed by atoms with Crippen molar-refractivity contribution in [2.45, 2.75) is 104 Å². The number of hydrogen-bond donors (Lipinski definition) is 0. The lowest BCUT2D eigenvalue weighted by Crippen LogP contribution is -3.00. The molecule has 0 radical (unpaired) electrons. The molecule has 0 saturated heterocycles. The predicted molar refractivity (Wildman–Crippen MR) is 153 cm³/mol. The van der Waals surface area contributed by atoms with Crippen LogP contribution in [0.1, 0.15) is 108 Å². The summed E-state index contributed by atoms with van der Waals surface area (Å²) in [5.41, 5.74) is 5.38. The predicted octanol–water partition coefficient (Wildman–Crippen LogP) is 6.01. The summed E-state index contributed by atoms with van der Waals surface area (Å²) >= 11 is 6.31. The molecule has 0 saturated carbocycles. The van der Waals surface area contributed by atoms with Gasteiger partial charge in [0.1, 0.15) is 6.54 Å². The molecule has 5 heteroatoms. The fourth-order valence-corrected chi connectivity index (χ4v) is 5.48. The number of unbranched alkanes of at least 4 members (excludes halogenated alkanes) is 9. The quantitative estimate of drug-likeness (QED) is 0.120. The van der Waals surface area contributed by atoms with E-state index in [1.165, 1.54) is 86.6 Å². The Morgan fingerprint density at radius 2 is 1.57 bits per heavy atom. The first-order valence-corrected chi connectivity index (χ1v) is 14.7. The third kappa shape index (κ3) is 10.1. The molecule has 3 nitrogen and oxygen atoms in total. The van der Waals surface area contributed by atoms with Gasteiger partial charge in [0.15, 0.2) is 23.8 Å². The lowest BCUT2D eigenvalue weighted by Gasteiger charge is -2.23. The maximum Gasteiger partial charge on any atom is 0.184 e. The van der Waals surface area contributed by atoms with E-state index >= 15 is 0 Å². The monoisotopic (exact) mass is 639 g/mol. The standard InChI is InChI=1S/C32H47ClNO2.HI/c1-4-6-8-10-12-14-23-36-32-29-21-22-34(25-26-16-15-17-27(33)24-26)30(18-13-11-9-7-5-2)28(29)19-20-31(32)35-3;/h15-17,19-20,24H,4-14,18,21-23,25H2,1-3H3;1H/q+1;/p-1. The Morgan fingerprint density at radius 3 is 2.27 bits per heavy atom. The van der Waals surface area contributed by atoms with Gasteiger partial charge >= 0.3 is 0 Å². The molecule has 0 atom stereocenters. The Labute approximate surface area is 248 Å². The Bertz CT molecular complexity index is 975. The highest BCUT2D eigenvalue weighted by Gasteiger charge is 2.29. The maximum absolute atomic E-state index is 6.43. The number of rotatable bonds is 17. The molecule has 206 valence electrons. The van der Waals surface area contributed by atoms with Crippen molar-refractivity contribution in [3.8, 4) is 11.5 Å². The van der Waals surface area contributed by atoms with Crippen molar-refractivity contribution >= 4 is 17.3 Å². The summed E-state index contributed by atoms with van der Waals surface area (Å²) in [6, 6.07) is 12.7. The van der Waals surface area contributed by atoms with Crippen molar-refractivity contribution in [2.75, 3.05) is 20.3 Å². The molecule has 0 bridgehead atoms. The highest BCUT2D eigenvalue weighted by Crippen LogP contribution is 2.37. The summed E-state index contributed by atoms with van der Waals surface area (Å²) in [5.74, 6) is 1.83. The first-order valence-electron chi connectivity index (χ1n) is 14.4. The zero-order valence-electron chi connectivity index (χ0n) is 23.3. The summed E-state index contributed by atoms with van der Waals surface area (Å²) < 4.78 is 14.8. The second kappa shape index (κ2) is 18.1. The minimum absolute atomic E-state index is 0. The summed E-state index contributed by atoms with van der Waals surface area (Å²) in [6.07, 6.45) is 16.1. The number of benzene rings is 2. The number of hydrogen-bond acceptors (Lipinski definition) is 2. The summed E-state index contributed by atoms with van der Waals surface area (Å²) in [7, 11) is 1.76. The molecule has 3 rings (SSSR count). The fourth-order valence-electron chi connectivity index (χ4n) is 5.27. The molecule has 2 aromatic rings.